The Morgan fingerprint density at radius 2 is 2.14 bits per heavy atom. The van der Waals surface area contributed by atoms with Crippen molar-refractivity contribution >= 4 is 17.9 Å². The summed E-state index contributed by atoms with van der Waals surface area (Å²) in [5, 5.41) is 0.501. The lowest BCUT2D eigenvalue weighted by atomic mass is 9.87. The molecule has 0 heterocycles. The third-order valence-corrected chi connectivity index (χ3v) is 2.34. The highest BCUT2D eigenvalue weighted by molar-refractivity contribution is 6.31. The van der Waals surface area contributed by atoms with Gasteiger partial charge < -0.3 is 4.79 Å². The molecular weight excluding hydrogens is 203 g/mol. The van der Waals surface area contributed by atoms with Crippen LogP contribution in [0.15, 0.2) is 18.2 Å². The SMILES string of the molecule is CC(C)(C=O)Cc1cc(F)ccc1Cl. The summed E-state index contributed by atoms with van der Waals surface area (Å²) in [6.45, 7) is 3.59. The predicted octanol–water partition coefficient (Wildman–Crippen LogP) is 3.25. The molecule has 0 aromatic heterocycles. The van der Waals surface area contributed by atoms with Crippen molar-refractivity contribution in [3.63, 3.8) is 0 Å². The second kappa shape index (κ2) is 4.09. The molecule has 1 aromatic carbocycles. The van der Waals surface area contributed by atoms with E-state index in [1.54, 1.807) is 13.8 Å². The molecule has 0 aliphatic carbocycles. The molecule has 0 fully saturated rings. The fourth-order valence-corrected chi connectivity index (χ4v) is 1.40. The van der Waals surface area contributed by atoms with E-state index in [4.69, 9.17) is 11.6 Å². The maximum Gasteiger partial charge on any atom is 0.125 e. The highest BCUT2D eigenvalue weighted by Crippen LogP contribution is 2.25. The minimum Gasteiger partial charge on any atom is -0.303 e. The van der Waals surface area contributed by atoms with Gasteiger partial charge in [-0.2, -0.15) is 0 Å². The number of hydrogen-bond acceptors (Lipinski definition) is 1. The maximum absolute atomic E-state index is 12.9. The lowest BCUT2D eigenvalue weighted by Crippen LogP contribution is -2.16. The molecule has 0 saturated heterocycles. The fraction of sp³-hybridized carbons (Fsp3) is 0.364. The Morgan fingerprint density at radius 3 is 2.71 bits per heavy atom. The van der Waals surface area contributed by atoms with Crippen molar-refractivity contribution in [2.75, 3.05) is 0 Å². The van der Waals surface area contributed by atoms with E-state index >= 15 is 0 Å². The average molecular weight is 215 g/mol. The number of rotatable bonds is 3. The zero-order chi connectivity index (χ0) is 10.8. The van der Waals surface area contributed by atoms with Crippen molar-refractivity contribution in [3.8, 4) is 0 Å². The van der Waals surface area contributed by atoms with E-state index in [-0.39, 0.29) is 5.82 Å². The van der Waals surface area contributed by atoms with Crippen LogP contribution in [0.25, 0.3) is 0 Å². The Hall–Kier alpha value is -0.890. The van der Waals surface area contributed by atoms with Gasteiger partial charge in [0.05, 0.1) is 0 Å². The number of carbonyl (C=O) groups is 1. The number of halogens is 2. The Bertz CT molecular complexity index is 347. The van der Waals surface area contributed by atoms with Gasteiger partial charge in [0.25, 0.3) is 0 Å². The Balaban J connectivity index is 2.96. The molecule has 1 aromatic rings. The summed E-state index contributed by atoms with van der Waals surface area (Å²) in [6.07, 6.45) is 1.31. The van der Waals surface area contributed by atoms with Gasteiger partial charge >= 0.3 is 0 Å². The molecule has 0 amide bonds. The molecule has 0 N–H and O–H groups in total. The average Bonchev–Trinajstić information content (AvgIpc) is 2.11. The van der Waals surface area contributed by atoms with Gasteiger partial charge in [-0.25, -0.2) is 4.39 Å². The van der Waals surface area contributed by atoms with Crippen LogP contribution in [-0.4, -0.2) is 6.29 Å². The molecule has 0 bridgehead atoms. The normalized spacial score (nSPS) is 11.4. The largest absolute Gasteiger partial charge is 0.303 e. The third kappa shape index (κ3) is 2.81. The van der Waals surface area contributed by atoms with Crippen LogP contribution in [0.2, 0.25) is 5.02 Å². The highest BCUT2D eigenvalue weighted by Gasteiger charge is 2.18. The van der Waals surface area contributed by atoms with Crippen molar-refractivity contribution in [2.45, 2.75) is 20.3 Å². The molecule has 0 spiro atoms. The number of carbonyl (C=O) groups excluding carboxylic acids is 1. The van der Waals surface area contributed by atoms with Gasteiger partial charge in [0.15, 0.2) is 0 Å². The molecule has 1 rings (SSSR count). The van der Waals surface area contributed by atoms with Crippen LogP contribution < -0.4 is 0 Å². The summed E-state index contributed by atoms with van der Waals surface area (Å²) in [5.41, 5.74) is 0.168. The third-order valence-electron chi connectivity index (χ3n) is 1.97. The van der Waals surface area contributed by atoms with E-state index in [1.165, 1.54) is 18.2 Å². The summed E-state index contributed by atoms with van der Waals surface area (Å²) in [4.78, 5) is 10.7. The number of benzene rings is 1. The molecule has 0 saturated carbocycles. The molecule has 0 aliphatic rings. The first kappa shape index (κ1) is 11.2. The van der Waals surface area contributed by atoms with Crippen molar-refractivity contribution < 1.29 is 9.18 Å². The Morgan fingerprint density at radius 1 is 1.50 bits per heavy atom. The van der Waals surface area contributed by atoms with Crippen molar-refractivity contribution in [3.05, 3.63) is 34.6 Å². The molecule has 76 valence electrons. The van der Waals surface area contributed by atoms with Crippen LogP contribution >= 0.6 is 11.6 Å². The summed E-state index contributed by atoms with van der Waals surface area (Å²) < 4.78 is 12.9. The van der Waals surface area contributed by atoms with Gasteiger partial charge in [0.1, 0.15) is 12.1 Å². The second-order valence-electron chi connectivity index (χ2n) is 4.02. The number of hydrogen-bond donors (Lipinski definition) is 0. The molecule has 0 atom stereocenters. The maximum atomic E-state index is 12.9. The standard InChI is InChI=1S/C11H12ClFO/c1-11(2,7-14)6-8-5-9(13)3-4-10(8)12/h3-5,7H,6H2,1-2H3. The van der Waals surface area contributed by atoms with E-state index < -0.39 is 5.41 Å². The first-order valence-electron chi connectivity index (χ1n) is 4.35. The second-order valence-corrected chi connectivity index (χ2v) is 4.43. The van der Waals surface area contributed by atoms with Crippen molar-refractivity contribution in [1.29, 1.82) is 0 Å². The van der Waals surface area contributed by atoms with E-state index in [2.05, 4.69) is 0 Å². The zero-order valence-corrected chi connectivity index (χ0v) is 8.94. The number of aldehydes is 1. The van der Waals surface area contributed by atoms with Gasteiger partial charge in [-0.3, -0.25) is 0 Å². The minimum atomic E-state index is -0.503. The predicted molar refractivity (Wildman–Crippen MR) is 55.0 cm³/mol. The summed E-state index contributed by atoms with van der Waals surface area (Å²) in [5.74, 6) is -0.328. The minimum absolute atomic E-state index is 0.328. The van der Waals surface area contributed by atoms with Crippen LogP contribution in [0.3, 0.4) is 0 Å². The van der Waals surface area contributed by atoms with E-state index in [1.807, 2.05) is 0 Å². The van der Waals surface area contributed by atoms with E-state index in [9.17, 15) is 9.18 Å². The molecule has 0 aliphatic heterocycles. The summed E-state index contributed by atoms with van der Waals surface area (Å²) in [7, 11) is 0. The van der Waals surface area contributed by atoms with Crippen LogP contribution in [0.5, 0.6) is 0 Å². The molecule has 1 nitrogen and oxygen atoms in total. The van der Waals surface area contributed by atoms with Gasteiger partial charge in [-0.15, -0.1) is 0 Å². The first-order valence-corrected chi connectivity index (χ1v) is 4.73. The highest BCUT2D eigenvalue weighted by atomic mass is 35.5. The van der Waals surface area contributed by atoms with E-state index in [0.717, 1.165) is 6.29 Å². The Kier molecular flexibility index (Phi) is 3.27. The van der Waals surface area contributed by atoms with Crippen LogP contribution in [0.1, 0.15) is 19.4 Å². The lowest BCUT2D eigenvalue weighted by molar-refractivity contribution is -0.114. The van der Waals surface area contributed by atoms with Crippen molar-refractivity contribution in [1.82, 2.24) is 0 Å². The Labute approximate surface area is 87.9 Å². The fourth-order valence-electron chi connectivity index (χ4n) is 1.21. The van der Waals surface area contributed by atoms with Crippen molar-refractivity contribution in [2.24, 2.45) is 5.41 Å². The van der Waals surface area contributed by atoms with Gasteiger partial charge in [0, 0.05) is 10.4 Å². The van der Waals surface area contributed by atoms with Gasteiger partial charge in [-0.05, 0) is 30.2 Å². The zero-order valence-electron chi connectivity index (χ0n) is 8.18. The first-order chi connectivity index (χ1) is 6.44. The molecular formula is C11H12ClFO. The molecule has 0 radical (unpaired) electrons. The van der Waals surface area contributed by atoms with Crippen LogP contribution in [0.4, 0.5) is 4.39 Å². The summed E-state index contributed by atoms with van der Waals surface area (Å²) in [6, 6.07) is 4.18. The molecule has 14 heavy (non-hydrogen) atoms. The van der Waals surface area contributed by atoms with Gasteiger partial charge in [0.2, 0.25) is 0 Å². The molecule has 3 heteroatoms. The van der Waals surface area contributed by atoms with Crippen LogP contribution in [-0.2, 0) is 11.2 Å². The van der Waals surface area contributed by atoms with E-state index in [0.29, 0.717) is 17.0 Å². The topological polar surface area (TPSA) is 17.1 Å². The van der Waals surface area contributed by atoms with Gasteiger partial charge in [-0.1, -0.05) is 25.4 Å². The monoisotopic (exact) mass is 214 g/mol. The smallest absolute Gasteiger partial charge is 0.125 e. The summed E-state index contributed by atoms with van der Waals surface area (Å²) >= 11 is 5.88. The molecule has 0 unspecified atom stereocenters. The lowest BCUT2D eigenvalue weighted by Gasteiger charge is -2.17. The quantitative estimate of drug-likeness (QED) is 0.706. The van der Waals surface area contributed by atoms with Crippen LogP contribution in [0, 0.1) is 11.2 Å².